The van der Waals surface area contributed by atoms with Crippen molar-refractivity contribution >= 4 is 17.0 Å². The molecule has 1 N–H and O–H groups in total. The van der Waals surface area contributed by atoms with Gasteiger partial charge in [0, 0.05) is 31.4 Å². The van der Waals surface area contributed by atoms with Gasteiger partial charge in [0.25, 0.3) is 0 Å². The third kappa shape index (κ3) is 6.04. The van der Waals surface area contributed by atoms with E-state index in [1.807, 2.05) is 6.07 Å². The van der Waals surface area contributed by atoms with Crippen molar-refractivity contribution in [2.45, 2.75) is 32.1 Å². The first-order valence-electron chi connectivity index (χ1n) is 13.5. The lowest BCUT2D eigenvalue weighted by Gasteiger charge is -2.27. The van der Waals surface area contributed by atoms with E-state index in [0.717, 1.165) is 18.6 Å². The zero-order chi connectivity index (χ0) is 30.8. The second kappa shape index (κ2) is 12.1. The minimum absolute atomic E-state index is 0.00377. The van der Waals surface area contributed by atoms with Crippen LogP contribution < -0.4 is 9.47 Å². The van der Waals surface area contributed by atoms with Crippen LogP contribution >= 0.6 is 0 Å². The third-order valence-corrected chi connectivity index (χ3v) is 7.15. The largest absolute Gasteiger partial charge is 0.484 e. The zero-order valence-corrected chi connectivity index (χ0v) is 23.0. The molecule has 12 heteroatoms. The van der Waals surface area contributed by atoms with Crippen LogP contribution in [0.5, 0.6) is 17.2 Å². The molecule has 6 rings (SSSR count). The standard InChI is InChI=1S/C32H23F3N4O5/c33-25-14-22(44-23-5-7-37-21(13-23)17-43-29-4-1-18(15-36)9-26(29)34)3-2-19(25)12-30-38-31-27(35)10-20(32(40)41)11-28(31)39(30)16-24-6-8-42-24/h1-5,7,9-11,13-14,24H,6,8,12,16-17H2,(H,40,41)/t24-/m0/s1. The van der Waals surface area contributed by atoms with Gasteiger partial charge >= 0.3 is 5.97 Å². The number of rotatable bonds is 10. The number of aromatic nitrogens is 3. The number of benzene rings is 3. The Morgan fingerprint density at radius 1 is 1.05 bits per heavy atom. The van der Waals surface area contributed by atoms with Gasteiger partial charge in [-0.05, 0) is 54.4 Å². The molecule has 0 radical (unpaired) electrons. The van der Waals surface area contributed by atoms with E-state index in [0.29, 0.717) is 35.9 Å². The highest BCUT2D eigenvalue weighted by Crippen LogP contribution is 2.29. The summed E-state index contributed by atoms with van der Waals surface area (Å²) >= 11 is 0. The number of carbonyl (C=O) groups is 1. The van der Waals surface area contributed by atoms with Gasteiger partial charge in [-0.3, -0.25) is 4.98 Å². The van der Waals surface area contributed by atoms with Gasteiger partial charge in [-0.1, -0.05) is 6.07 Å². The van der Waals surface area contributed by atoms with Crippen molar-refractivity contribution in [1.82, 2.24) is 14.5 Å². The summed E-state index contributed by atoms with van der Waals surface area (Å²) in [7, 11) is 0. The normalized spacial score (nSPS) is 14.2. The van der Waals surface area contributed by atoms with Gasteiger partial charge in [-0.2, -0.15) is 5.26 Å². The molecule has 1 aliphatic rings. The number of nitriles is 1. The summed E-state index contributed by atoms with van der Waals surface area (Å²) < 4.78 is 62.8. The third-order valence-electron chi connectivity index (χ3n) is 7.15. The van der Waals surface area contributed by atoms with Crippen LogP contribution in [0, 0.1) is 28.8 Å². The van der Waals surface area contributed by atoms with Crippen molar-refractivity contribution in [2.24, 2.45) is 0 Å². The molecule has 3 heterocycles. The van der Waals surface area contributed by atoms with E-state index in [2.05, 4.69) is 9.97 Å². The molecule has 0 bridgehead atoms. The molecule has 0 amide bonds. The number of carboxylic acid groups (broad SMARTS) is 1. The first kappa shape index (κ1) is 28.7. The number of hydrogen-bond acceptors (Lipinski definition) is 7. The van der Waals surface area contributed by atoms with Gasteiger partial charge in [-0.25, -0.2) is 22.9 Å². The average Bonchev–Trinajstić information content (AvgIpc) is 3.33. The van der Waals surface area contributed by atoms with Gasteiger partial charge in [0.05, 0.1) is 41.1 Å². The predicted molar refractivity (Wildman–Crippen MR) is 150 cm³/mol. The van der Waals surface area contributed by atoms with Gasteiger partial charge < -0.3 is 23.9 Å². The first-order chi connectivity index (χ1) is 21.3. The molecule has 0 aliphatic carbocycles. The Morgan fingerprint density at radius 2 is 1.86 bits per heavy atom. The van der Waals surface area contributed by atoms with Crippen LogP contribution in [0.1, 0.15) is 39.4 Å². The van der Waals surface area contributed by atoms with Crippen LogP contribution in [0.4, 0.5) is 13.2 Å². The van der Waals surface area contributed by atoms with Gasteiger partial charge in [0.15, 0.2) is 17.4 Å². The summed E-state index contributed by atoms with van der Waals surface area (Å²) in [5.41, 5.74) is 0.965. The Kier molecular flexibility index (Phi) is 7.87. The van der Waals surface area contributed by atoms with Crippen LogP contribution in [0.2, 0.25) is 0 Å². The Bertz CT molecular complexity index is 1930. The quantitative estimate of drug-likeness (QED) is 0.202. The Hall–Kier alpha value is -5.41. The summed E-state index contributed by atoms with van der Waals surface area (Å²) in [6, 6.07) is 15.5. The highest BCUT2D eigenvalue weighted by Gasteiger charge is 2.24. The first-order valence-corrected chi connectivity index (χ1v) is 13.5. The number of imidazole rings is 1. The van der Waals surface area contributed by atoms with Crippen molar-refractivity contribution in [3.8, 4) is 23.3 Å². The summed E-state index contributed by atoms with van der Waals surface area (Å²) in [6.07, 6.45) is 2.13. The second-order valence-electron chi connectivity index (χ2n) is 10.1. The number of pyridine rings is 1. The summed E-state index contributed by atoms with van der Waals surface area (Å²) in [4.78, 5) is 20.1. The van der Waals surface area contributed by atoms with E-state index in [4.69, 9.17) is 19.5 Å². The molecular weight excluding hydrogens is 577 g/mol. The number of halogens is 3. The van der Waals surface area contributed by atoms with Gasteiger partial charge in [-0.15, -0.1) is 0 Å². The Labute approximate surface area is 248 Å². The van der Waals surface area contributed by atoms with E-state index in [1.165, 1.54) is 36.5 Å². The van der Waals surface area contributed by atoms with Gasteiger partial charge in [0.1, 0.15) is 35.3 Å². The maximum absolute atomic E-state index is 15.3. The van der Waals surface area contributed by atoms with Crippen molar-refractivity contribution in [3.05, 3.63) is 113 Å². The maximum Gasteiger partial charge on any atom is 0.335 e. The number of hydrogen-bond donors (Lipinski definition) is 1. The van der Waals surface area contributed by atoms with Crippen LogP contribution in [0.25, 0.3) is 11.0 Å². The summed E-state index contributed by atoms with van der Waals surface area (Å²) in [5.74, 6) is -2.42. The molecule has 9 nitrogen and oxygen atoms in total. The monoisotopic (exact) mass is 600 g/mol. The highest BCUT2D eigenvalue weighted by atomic mass is 19.1. The van der Waals surface area contributed by atoms with E-state index in [1.54, 1.807) is 22.8 Å². The second-order valence-corrected chi connectivity index (χ2v) is 10.1. The molecule has 222 valence electrons. The lowest BCUT2D eigenvalue weighted by Crippen LogP contribution is -2.31. The molecule has 1 atom stereocenters. The molecule has 3 aromatic carbocycles. The van der Waals surface area contributed by atoms with Crippen LogP contribution in [-0.4, -0.2) is 38.3 Å². The smallest absolute Gasteiger partial charge is 0.335 e. The van der Waals surface area contributed by atoms with Crippen molar-refractivity contribution < 1.29 is 37.3 Å². The van der Waals surface area contributed by atoms with Crippen LogP contribution in [0.15, 0.2) is 66.9 Å². The number of carboxylic acids is 1. The Morgan fingerprint density at radius 3 is 2.57 bits per heavy atom. The van der Waals surface area contributed by atoms with Crippen LogP contribution in [-0.2, 0) is 24.3 Å². The van der Waals surface area contributed by atoms with Crippen molar-refractivity contribution in [2.75, 3.05) is 6.61 Å². The predicted octanol–water partition coefficient (Wildman–Crippen LogP) is 6.17. The SMILES string of the molecule is N#Cc1ccc(OCc2cc(Oc3ccc(Cc4nc5c(F)cc(C(=O)O)cc5n4C[C@@H]4CCO4)c(F)c3)ccn2)c(F)c1. The maximum atomic E-state index is 15.3. The molecule has 2 aromatic heterocycles. The molecule has 1 aliphatic heterocycles. The lowest BCUT2D eigenvalue weighted by molar-refractivity contribution is -0.0589. The molecule has 44 heavy (non-hydrogen) atoms. The molecule has 0 saturated carbocycles. The zero-order valence-electron chi connectivity index (χ0n) is 23.0. The summed E-state index contributed by atoms with van der Waals surface area (Å²) in [5, 5.41) is 18.3. The molecule has 5 aromatic rings. The molecule has 0 unspecified atom stereocenters. The molecule has 1 saturated heterocycles. The lowest BCUT2D eigenvalue weighted by atomic mass is 10.1. The molecular formula is C32H23F3N4O5. The fourth-order valence-electron chi connectivity index (χ4n) is 4.80. The highest BCUT2D eigenvalue weighted by molar-refractivity contribution is 5.92. The van der Waals surface area contributed by atoms with Crippen molar-refractivity contribution in [3.63, 3.8) is 0 Å². The fourth-order valence-corrected chi connectivity index (χ4v) is 4.80. The molecule has 1 fully saturated rings. The molecule has 0 spiro atoms. The average molecular weight is 601 g/mol. The Balaban J connectivity index is 1.19. The number of fused-ring (bicyclic) bond motifs is 1. The number of ether oxygens (including phenoxy) is 3. The number of nitrogens with zero attached hydrogens (tertiary/aromatic N) is 4. The minimum Gasteiger partial charge on any atom is -0.484 e. The van der Waals surface area contributed by atoms with Crippen molar-refractivity contribution in [1.29, 1.82) is 5.26 Å². The van der Waals surface area contributed by atoms with E-state index in [9.17, 15) is 18.7 Å². The fraction of sp³-hybridized carbons (Fsp3) is 0.188. The van der Waals surface area contributed by atoms with E-state index >= 15 is 4.39 Å². The minimum atomic E-state index is -1.27. The summed E-state index contributed by atoms with van der Waals surface area (Å²) in [6.45, 7) is 0.844. The van der Waals surface area contributed by atoms with E-state index < -0.39 is 23.4 Å². The number of aromatic carboxylic acids is 1. The van der Waals surface area contributed by atoms with Gasteiger partial charge in [0.2, 0.25) is 0 Å². The topological polar surface area (TPSA) is 119 Å². The van der Waals surface area contributed by atoms with E-state index in [-0.39, 0.29) is 52.8 Å². The van der Waals surface area contributed by atoms with Crippen LogP contribution in [0.3, 0.4) is 0 Å².